The van der Waals surface area contributed by atoms with Crippen molar-refractivity contribution in [3.63, 3.8) is 0 Å². The third kappa shape index (κ3) is 2.95. The molecule has 1 saturated heterocycles. The molecular weight excluding hydrogens is 316 g/mol. The van der Waals surface area contributed by atoms with Crippen LogP contribution in [0.15, 0.2) is 24.3 Å². The van der Waals surface area contributed by atoms with Crippen LogP contribution in [0, 0.1) is 5.92 Å². The Morgan fingerprint density at radius 1 is 1.16 bits per heavy atom. The van der Waals surface area contributed by atoms with Crippen LogP contribution in [0.4, 0.5) is 0 Å². The topological polar surface area (TPSA) is 69.6 Å². The molecule has 1 aliphatic heterocycles. The summed E-state index contributed by atoms with van der Waals surface area (Å²) in [7, 11) is 0. The van der Waals surface area contributed by atoms with Gasteiger partial charge in [0.15, 0.2) is 5.60 Å². The van der Waals surface area contributed by atoms with E-state index in [9.17, 15) is 14.7 Å². The number of carbonyl (C=O) groups is 2. The highest BCUT2D eigenvalue weighted by molar-refractivity contribution is 5.98. The first-order valence-corrected chi connectivity index (χ1v) is 8.92. The monoisotopic (exact) mass is 346 g/mol. The molecule has 2 amide bonds. The fourth-order valence-electron chi connectivity index (χ4n) is 3.51. The predicted octanol–water partition coefficient (Wildman–Crippen LogP) is 2.68. The quantitative estimate of drug-likeness (QED) is 0.806. The molecule has 5 nitrogen and oxygen atoms in total. The van der Waals surface area contributed by atoms with Crippen LogP contribution in [-0.2, 0) is 10.4 Å². The van der Waals surface area contributed by atoms with Gasteiger partial charge in [0, 0.05) is 17.6 Å². The van der Waals surface area contributed by atoms with E-state index in [1.165, 1.54) is 0 Å². The number of hydrogen-bond acceptors (Lipinski definition) is 3. The molecule has 1 unspecified atom stereocenters. The SMILES string of the molecule is CC(C)[C@@H](C)NC(=O)c1cccc(C2(O)C(=O)N(C(C)C)C2(C)C)c1. The summed E-state index contributed by atoms with van der Waals surface area (Å²) in [5.74, 6) is -0.194. The van der Waals surface area contributed by atoms with Gasteiger partial charge in [-0.2, -0.15) is 0 Å². The van der Waals surface area contributed by atoms with Crippen molar-refractivity contribution in [3.05, 3.63) is 35.4 Å². The second-order valence-electron chi connectivity index (χ2n) is 8.13. The maximum absolute atomic E-state index is 12.7. The average molecular weight is 346 g/mol. The van der Waals surface area contributed by atoms with E-state index in [2.05, 4.69) is 5.32 Å². The van der Waals surface area contributed by atoms with Gasteiger partial charge in [0.05, 0.1) is 5.54 Å². The van der Waals surface area contributed by atoms with Gasteiger partial charge in [-0.05, 0) is 58.2 Å². The van der Waals surface area contributed by atoms with Crippen molar-refractivity contribution in [2.24, 2.45) is 5.92 Å². The van der Waals surface area contributed by atoms with E-state index in [1.54, 1.807) is 29.2 Å². The first-order chi connectivity index (χ1) is 11.4. The van der Waals surface area contributed by atoms with Gasteiger partial charge >= 0.3 is 0 Å². The highest BCUT2D eigenvalue weighted by Crippen LogP contribution is 2.49. The zero-order chi connectivity index (χ0) is 19.2. The molecule has 0 spiro atoms. The Morgan fingerprint density at radius 2 is 1.76 bits per heavy atom. The smallest absolute Gasteiger partial charge is 0.262 e. The lowest BCUT2D eigenvalue weighted by Gasteiger charge is -2.61. The molecule has 2 rings (SSSR count). The number of benzene rings is 1. The van der Waals surface area contributed by atoms with E-state index in [-0.39, 0.29) is 23.9 Å². The molecule has 0 radical (unpaired) electrons. The molecular formula is C20H30N2O3. The summed E-state index contributed by atoms with van der Waals surface area (Å²) in [5.41, 5.74) is -1.44. The number of likely N-dealkylation sites (tertiary alicyclic amines) is 1. The Bertz CT molecular complexity index is 681. The van der Waals surface area contributed by atoms with Gasteiger partial charge in [-0.3, -0.25) is 9.59 Å². The van der Waals surface area contributed by atoms with Crippen molar-refractivity contribution < 1.29 is 14.7 Å². The van der Waals surface area contributed by atoms with Crippen molar-refractivity contribution in [1.29, 1.82) is 0 Å². The molecule has 2 atom stereocenters. The Labute approximate surface area is 150 Å². The molecule has 1 heterocycles. The summed E-state index contributed by atoms with van der Waals surface area (Å²) in [6.45, 7) is 13.6. The standard InChI is InChI=1S/C20H30N2O3/c1-12(2)14(5)21-17(23)15-9-8-10-16(11-15)20(25)18(24)22(13(3)4)19(20,6)7/h8-14,25H,1-7H3,(H,21,23)/t14-,20?/m1/s1. The van der Waals surface area contributed by atoms with Gasteiger partial charge in [0.1, 0.15) is 0 Å². The lowest BCUT2D eigenvalue weighted by Crippen LogP contribution is -2.79. The normalized spacial score (nSPS) is 23.6. The number of nitrogens with zero attached hydrogens (tertiary/aromatic N) is 1. The zero-order valence-electron chi connectivity index (χ0n) is 16.3. The van der Waals surface area contributed by atoms with Crippen molar-refractivity contribution >= 4 is 11.8 Å². The predicted molar refractivity (Wildman–Crippen MR) is 98.2 cm³/mol. The van der Waals surface area contributed by atoms with Crippen LogP contribution >= 0.6 is 0 Å². The number of aliphatic hydroxyl groups is 1. The Balaban J connectivity index is 2.33. The van der Waals surface area contributed by atoms with Gasteiger partial charge < -0.3 is 15.3 Å². The molecule has 1 aromatic carbocycles. The van der Waals surface area contributed by atoms with E-state index >= 15 is 0 Å². The first kappa shape index (κ1) is 19.4. The second kappa shape index (κ2) is 6.45. The van der Waals surface area contributed by atoms with Crippen LogP contribution in [0.1, 0.15) is 64.4 Å². The fraction of sp³-hybridized carbons (Fsp3) is 0.600. The van der Waals surface area contributed by atoms with Gasteiger partial charge in [-0.15, -0.1) is 0 Å². The minimum atomic E-state index is -1.61. The lowest BCUT2D eigenvalue weighted by atomic mass is 9.66. The van der Waals surface area contributed by atoms with Crippen LogP contribution in [-0.4, -0.2) is 39.4 Å². The number of rotatable bonds is 5. The van der Waals surface area contributed by atoms with Crippen molar-refractivity contribution in [1.82, 2.24) is 10.2 Å². The molecule has 1 aromatic rings. The minimum Gasteiger partial charge on any atom is -0.374 e. The summed E-state index contributed by atoms with van der Waals surface area (Å²) in [6.07, 6.45) is 0. The van der Waals surface area contributed by atoms with Gasteiger partial charge in [-0.1, -0.05) is 26.0 Å². The molecule has 5 heteroatoms. The van der Waals surface area contributed by atoms with E-state index in [1.807, 2.05) is 48.5 Å². The molecule has 1 fully saturated rings. The van der Waals surface area contributed by atoms with Crippen LogP contribution in [0.2, 0.25) is 0 Å². The Kier molecular flexibility index (Phi) is 5.01. The largest absolute Gasteiger partial charge is 0.374 e. The highest BCUT2D eigenvalue weighted by Gasteiger charge is 2.67. The summed E-state index contributed by atoms with van der Waals surface area (Å²) >= 11 is 0. The summed E-state index contributed by atoms with van der Waals surface area (Å²) in [5, 5.41) is 14.1. The zero-order valence-corrected chi connectivity index (χ0v) is 16.3. The van der Waals surface area contributed by atoms with Crippen LogP contribution in [0.3, 0.4) is 0 Å². The number of hydrogen-bond donors (Lipinski definition) is 2. The van der Waals surface area contributed by atoms with Crippen LogP contribution in [0.25, 0.3) is 0 Å². The number of amides is 2. The van der Waals surface area contributed by atoms with Crippen LogP contribution < -0.4 is 5.32 Å². The maximum atomic E-state index is 12.7. The molecule has 1 aliphatic rings. The molecule has 0 aromatic heterocycles. The van der Waals surface area contributed by atoms with E-state index < -0.39 is 11.1 Å². The third-order valence-electron chi connectivity index (χ3n) is 5.43. The molecule has 0 bridgehead atoms. The van der Waals surface area contributed by atoms with E-state index in [4.69, 9.17) is 0 Å². The molecule has 25 heavy (non-hydrogen) atoms. The number of carbonyl (C=O) groups excluding carboxylic acids is 2. The Morgan fingerprint density at radius 3 is 2.24 bits per heavy atom. The lowest BCUT2D eigenvalue weighted by molar-refractivity contribution is -0.221. The Hall–Kier alpha value is -1.88. The van der Waals surface area contributed by atoms with Gasteiger partial charge in [-0.25, -0.2) is 0 Å². The molecule has 0 saturated carbocycles. The van der Waals surface area contributed by atoms with Crippen molar-refractivity contribution in [2.45, 2.75) is 71.7 Å². The van der Waals surface area contributed by atoms with E-state index in [0.717, 1.165) is 0 Å². The molecule has 0 aliphatic carbocycles. The molecule has 138 valence electrons. The third-order valence-corrected chi connectivity index (χ3v) is 5.43. The summed E-state index contributed by atoms with van der Waals surface area (Å²) in [4.78, 5) is 26.8. The average Bonchev–Trinajstić information content (AvgIpc) is 2.53. The van der Waals surface area contributed by atoms with E-state index in [0.29, 0.717) is 17.0 Å². The van der Waals surface area contributed by atoms with Gasteiger partial charge in [0.2, 0.25) is 0 Å². The summed E-state index contributed by atoms with van der Waals surface area (Å²) < 4.78 is 0. The number of nitrogens with one attached hydrogen (secondary N) is 1. The maximum Gasteiger partial charge on any atom is 0.262 e. The summed E-state index contributed by atoms with van der Waals surface area (Å²) in [6, 6.07) is 6.79. The van der Waals surface area contributed by atoms with Gasteiger partial charge in [0.25, 0.3) is 11.8 Å². The first-order valence-electron chi connectivity index (χ1n) is 8.92. The minimum absolute atomic E-state index is 0.00106. The second-order valence-corrected chi connectivity index (χ2v) is 8.13. The highest BCUT2D eigenvalue weighted by atomic mass is 16.3. The molecule has 2 N–H and O–H groups in total. The van der Waals surface area contributed by atoms with Crippen LogP contribution in [0.5, 0.6) is 0 Å². The van der Waals surface area contributed by atoms with Crippen molar-refractivity contribution in [2.75, 3.05) is 0 Å². The van der Waals surface area contributed by atoms with Crippen molar-refractivity contribution in [3.8, 4) is 0 Å². The fourth-order valence-corrected chi connectivity index (χ4v) is 3.51. The number of β-lactam (4-membered cyclic amide) rings is 1.